The minimum Gasteiger partial charge on any atom is -0.312 e. The third kappa shape index (κ3) is 2.33. The normalized spacial score (nSPS) is 14.0. The first kappa shape index (κ1) is 14.4. The molecule has 0 aliphatic carbocycles. The molecule has 0 spiro atoms. The average molecular weight is 308 g/mol. The number of hydrogen-bond acceptors (Lipinski definition) is 4. The zero-order chi connectivity index (χ0) is 15.0. The highest BCUT2D eigenvalue weighted by Crippen LogP contribution is 2.27. The molecule has 2 aromatic rings. The Morgan fingerprint density at radius 3 is 2.81 bits per heavy atom. The van der Waals surface area contributed by atoms with Crippen LogP contribution in [0.3, 0.4) is 0 Å². The van der Waals surface area contributed by atoms with Crippen molar-refractivity contribution in [2.45, 2.75) is 50.9 Å². The van der Waals surface area contributed by atoms with Gasteiger partial charge in [-0.1, -0.05) is 37.9 Å². The first-order valence-corrected chi connectivity index (χ1v) is 8.46. The molecule has 0 atom stereocenters. The molecule has 0 aromatic carbocycles. The topological polar surface area (TPSA) is 61.8 Å². The van der Waals surface area contributed by atoms with Crippen molar-refractivity contribution in [1.29, 1.82) is 0 Å². The molecule has 0 fully saturated rings. The Kier molecular flexibility index (Phi) is 3.93. The molecule has 0 unspecified atom stereocenters. The Morgan fingerprint density at radius 1 is 1.24 bits per heavy atom. The van der Waals surface area contributed by atoms with Gasteiger partial charge in [0.1, 0.15) is 0 Å². The third-order valence-electron chi connectivity index (χ3n) is 3.98. The predicted octanol–water partition coefficient (Wildman–Crippen LogP) is 1.58. The summed E-state index contributed by atoms with van der Waals surface area (Å²) in [6, 6.07) is 0. The fourth-order valence-electron chi connectivity index (χ4n) is 2.79. The predicted molar refractivity (Wildman–Crippen MR) is 84.1 cm³/mol. The van der Waals surface area contributed by atoms with E-state index in [1.807, 2.05) is 4.57 Å². The van der Waals surface area contributed by atoms with Gasteiger partial charge in [0.15, 0.2) is 16.3 Å². The van der Waals surface area contributed by atoms with Gasteiger partial charge in [-0.15, -0.1) is 0 Å². The Balaban J connectivity index is 2.08. The second-order valence-electron chi connectivity index (χ2n) is 5.43. The van der Waals surface area contributed by atoms with E-state index in [4.69, 9.17) is 0 Å². The number of unbranched alkanes of at least 4 members (excludes halogenated alkanes) is 3. The third-order valence-corrected chi connectivity index (χ3v) is 4.94. The molecule has 0 amide bonds. The maximum absolute atomic E-state index is 12.7. The van der Waals surface area contributed by atoms with E-state index in [-0.39, 0.29) is 11.2 Å². The molecule has 7 heteroatoms. The van der Waals surface area contributed by atoms with E-state index in [9.17, 15) is 9.59 Å². The Morgan fingerprint density at radius 2 is 2.05 bits per heavy atom. The van der Waals surface area contributed by atoms with Crippen LogP contribution in [-0.4, -0.2) is 24.4 Å². The highest BCUT2D eigenvalue weighted by molar-refractivity contribution is 7.99. The molecule has 0 saturated carbocycles. The number of nitrogens with zero attached hydrogens (tertiary/aromatic N) is 4. The van der Waals surface area contributed by atoms with Crippen LogP contribution >= 0.6 is 11.8 Å². The Bertz CT molecular complexity index is 787. The van der Waals surface area contributed by atoms with Crippen molar-refractivity contribution in [2.75, 3.05) is 5.75 Å². The van der Waals surface area contributed by atoms with Crippen molar-refractivity contribution in [1.82, 2.24) is 18.7 Å². The summed E-state index contributed by atoms with van der Waals surface area (Å²) in [5.41, 5.74) is 0.640. The molecule has 3 heterocycles. The lowest BCUT2D eigenvalue weighted by Crippen LogP contribution is -2.39. The highest BCUT2D eigenvalue weighted by atomic mass is 32.2. The van der Waals surface area contributed by atoms with Crippen LogP contribution in [0.4, 0.5) is 0 Å². The lowest BCUT2D eigenvalue weighted by atomic mass is 10.2. The minimum atomic E-state index is -0.259. The van der Waals surface area contributed by atoms with Crippen LogP contribution in [0.1, 0.15) is 32.6 Å². The van der Waals surface area contributed by atoms with Gasteiger partial charge in [-0.25, -0.2) is 9.78 Å². The zero-order valence-corrected chi connectivity index (χ0v) is 13.3. The number of rotatable bonds is 5. The Labute approximate surface area is 126 Å². The molecular formula is C14H20N4O2S. The van der Waals surface area contributed by atoms with Gasteiger partial charge in [0.05, 0.1) is 0 Å². The summed E-state index contributed by atoms with van der Waals surface area (Å²) in [5.74, 6) is 0.942. The monoisotopic (exact) mass is 308 g/mol. The SMILES string of the molecule is CCCCCCn1c(=O)c2c(nc3n2CCS3)n(C)c1=O. The minimum absolute atomic E-state index is 0.189. The maximum Gasteiger partial charge on any atom is 0.332 e. The van der Waals surface area contributed by atoms with E-state index in [1.165, 1.54) is 9.13 Å². The van der Waals surface area contributed by atoms with Gasteiger partial charge in [-0.3, -0.25) is 13.9 Å². The van der Waals surface area contributed by atoms with Crippen LogP contribution in [0.5, 0.6) is 0 Å². The first-order valence-electron chi connectivity index (χ1n) is 7.48. The molecule has 3 rings (SSSR count). The van der Waals surface area contributed by atoms with Crippen LogP contribution in [-0.2, 0) is 20.1 Å². The molecule has 6 nitrogen and oxygen atoms in total. The summed E-state index contributed by atoms with van der Waals surface area (Å²) in [4.78, 5) is 29.5. The molecular weight excluding hydrogens is 288 g/mol. The zero-order valence-electron chi connectivity index (χ0n) is 12.5. The van der Waals surface area contributed by atoms with Crippen LogP contribution in [0.25, 0.3) is 11.2 Å². The first-order chi connectivity index (χ1) is 10.1. The van der Waals surface area contributed by atoms with Crippen molar-refractivity contribution >= 4 is 22.9 Å². The molecule has 21 heavy (non-hydrogen) atoms. The number of fused-ring (bicyclic) bond motifs is 3. The van der Waals surface area contributed by atoms with Crippen molar-refractivity contribution in [3.05, 3.63) is 20.8 Å². The molecule has 0 N–H and O–H groups in total. The highest BCUT2D eigenvalue weighted by Gasteiger charge is 2.23. The van der Waals surface area contributed by atoms with Crippen molar-refractivity contribution in [3.8, 4) is 0 Å². The van der Waals surface area contributed by atoms with Crippen LogP contribution in [0.15, 0.2) is 14.7 Å². The van der Waals surface area contributed by atoms with E-state index < -0.39 is 0 Å². The van der Waals surface area contributed by atoms with Gasteiger partial charge in [0.25, 0.3) is 5.56 Å². The van der Waals surface area contributed by atoms with Crippen molar-refractivity contribution < 1.29 is 0 Å². The van der Waals surface area contributed by atoms with E-state index in [0.29, 0.717) is 17.7 Å². The molecule has 0 bridgehead atoms. The number of aryl methyl sites for hydroxylation is 2. The van der Waals surface area contributed by atoms with Gasteiger partial charge in [-0.05, 0) is 6.42 Å². The molecule has 1 aliphatic heterocycles. The Hall–Kier alpha value is -1.50. The van der Waals surface area contributed by atoms with Crippen LogP contribution < -0.4 is 11.2 Å². The molecule has 114 valence electrons. The quantitative estimate of drug-likeness (QED) is 0.787. The lowest BCUT2D eigenvalue weighted by molar-refractivity contribution is 0.538. The fourth-order valence-corrected chi connectivity index (χ4v) is 3.74. The molecule has 0 radical (unpaired) electrons. The second kappa shape index (κ2) is 5.71. The van der Waals surface area contributed by atoms with Crippen LogP contribution in [0, 0.1) is 0 Å². The average Bonchev–Trinajstić information content (AvgIpc) is 3.04. The van der Waals surface area contributed by atoms with Gasteiger partial charge in [-0.2, -0.15) is 0 Å². The van der Waals surface area contributed by atoms with Crippen LogP contribution in [0.2, 0.25) is 0 Å². The number of aromatic nitrogens is 4. The molecule has 0 saturated heterocycles. The van der Waals surface area contributed by atoms with E-state index in [2.05, 4.69) is 11.9 Å². The van der Waals surface area contributed by atoms with Crippen molar-refractivity contribution in [2.24, 2.45) is 7.05 Å². The van der Waals surface area contributed by atoms with E-state index in [0.717, 1.165) is 43.1 Å². The van der Waals surface area contributed by atoms with Gasteiger partial charge in [0.2, 0.25) is 0 Å². The van der Waals surface area contributed by atoms with E-state index >= 15 is 0 Å². The maximum atomic E-state index is 12.7. The number of hydrogen-bond donors (Lipinski definition) is 0. The number of imidazole rings is 1. The number of thioether (sulfide) groups is 1. The summed E-state index contributed by atoms with van der Waals surface area (Å²) in [7, 11) is 1.69. The smallest absolute Gasteiger partial charge is 0.312 e. The summed E-state index contributed by atoms with van der Waals surface area (Å²) in [5, 5.41) is 0.848. The summed E-state index contributed by atoms with van der Waals surface area (Å²) in [6.45, 7) is 3.43. The summed E-state index contributed by atoms with van der Waals surface area (Å²) >= 11 is 1.64. The summed E-state index contributed by atoms with van der Waals surface area (Å²) < 4.78 is 4.82. The molecule has 2 aromatic heterocycles. The van der Waals surface area contributed by atoms with Crippen molar-refractivity contribution in [3.63, 3.8) is 0 Å². The van der Waals surface area contributed by atoms with Gasteiger partial charge >= 0.3 is 5.69 Å². The summed E-state index contributed by atoms with van der Waals surface area (Å²) in [6.07, 6.45) is 4.18. The standard InChI is InChI=1S/C14H20N4O2S/c1-3-4-5-6-7-18-12(19)10-11(16(2)14(18)20)15-13-17(10)8-9-21-13/h3-9H2,1-2H3. The largest absolute Gasteiger partial charge is 0.332 e. The lowest BCUT2D eigenvalue weighted by Gasteiger charge is -2.08. The molecule has 1 aliphatic rings. The van der Waals surface area contributed by atoms with Gasteiger partial charge in [0, 0.05) is 25.9 Å². The fraction of sp³-hybridized carbons (Fsp3) is 0.643. The van der Waals surface area contributed by atoms with Gasteiger partial charge < -0.3 is 4.57 Å². The second-order valence-corrected chi connectivity index (χ2v) is 6.49. The van der Waals surface area contributed by atoms with E-state index in [1.54, 1.807) is 18.8 Å².